The number of primary amides is 1. The number of para-hydroxylation sites is 1. The molecule has 0 atom stereocenters. The highest BCUT2D eigenvalue weighted by atomic mass is 16.5. The van der Waals surface area contributed by atoms with Gasteiger partial charge in [-0.15, -0.1) is 0 Å². The largest absolute Gasteiger partial charge is 0.379 e. The lowest BCUT2D eigenvalue weighted by Gasteiger charge is -2.26. The number of morpholine rings is 1. The molecule has 1 aliphatic rings. The maximum atomic E-state index is 11.2. The number of ether oxygens (including phenoxy) is 1. The zero-order valence-corrected chi connectivity index (χ0v) is 12.7. The van der Waals surface area contributed by atoms with Gasteiger partial charge in [0.2, 0.25) is 5.91 Å². The van der Waals surface area contributed by atoms with Gasteiger partial charge in [-0.05, 0) is 12.5 Å². The van der Waals surface area contributed by atoms with Gasteiger partial charge < -0.3 is 10.5 Å². The first kappa shape index (κ1) is 15.0. The Morgan fingerprint density at radius 1 is 1.23 bits per heavy atom. The minimum Gasteiger partial charge on any atom is -0.379 e. The second-order valence-corrected chi connectivity index (χ2v) is 5.64. The topological polar surface area (TPSA) is 73.4 Å². The second kappa shape index (κ2) is 6.89. The van der Waals surface area contributed by atoms with Gasteiger partial charge in [0.15, 0.2) is 0 Å². The van der Waals surface area contributed by atoms with Gasteiger partial charge in [-0.25, -0.2) is 0 Å². The molecule has 6 heteroatoms. The van der Waals surface area contributed by atoms with Crippen LogP contribution in [0, 0.1) is 0 Å². The average Bonchev–Trinajstić information content (AvgIpc) is 2.86. The van der Waals surface area contributed by atoms with E-state index in [4.69, 9.17) is 10.5 Å². The van der Waals surface area contributed by atoms with Crippen molar-refractivity contribution in [3.63, 3.8) is 0 Å². The summed E-state index contributed by atoms with van der Waals surface area (Å²) in [6.45, 7) is 5.56. The van der Waals surface area contributed by atoms with E-state index >= 15 is 0 Å². The normalized spacial score (nSPS) is 16.2. The van der Waals surface area contributed by atoms with Gasteiger partial charge >= 0.3 is 0 Å². The number of fused-ring (bicyclic) bond motifs is 1. The monoisotopic (exact) mass is 302 g/mol. The van der Waals surface area contributed by atoms with Gasteiger partial charge in [0.05, 0.1) is 30.8 Å². The summed E-state index contributed by atoms with van der Waals surface area (Å²) in [5.41, 5.74) is 7.16. The van der Waals surface area contributed by atoms with E-state index in [2.05, 4.69) is 10.00 Å². The fraction of sp³-hybridized carbons (Fsp3) is 0.500. The van der Waals surface area contributed by atoms with Crippen LogP contribution < -0.4 is 5.73 Å². The predicted molar refractivity (Wildman–Crippen MR) is 84.5 cm³/mol. The van der Waals surface area contributed by atoms with Crippen molar-refractivity contribution >= 4 is 16.8 Å². The van der Waals surface area contributed by atoms with Crippen LogP contribution in [0.15, 0.2) is 24.3 Å². The highest BCUT2D eigenvalue weighted by Crippen LogP contribution is 2.19. The zero-order chi connectivity index (χ0) is 15.4. The van der Waals surface area contributed by atoms with Crippen LogP contribution in [-0.2, 0) is 22.5 Å². The first-order valence-electron chi connectivity index (χ1n) is 7.77. The molecule has 1 saturated heterocycles. The van der Waals surface area contributed by atoms with Crippen molar-refractivity contribution in [2.45, 2.75) is 19.4 Å². The molecule has 6 nitrogen and oxygen atoms in total. The van der Waals surface area contributed by atoms with Crippen LogP contribution >= 0.6 is 0 Å². The third kappa shape index (κ3) is 3.45. The number of benzene rings is 1. The minimum atomic E-state index is -0.344. The first-order chi connectivity index (χ1) is 10.7. The molecule has 1 amide bonds. The molecule has 0 bridgehead atoms. The zero-order valence-electron chi connectivity index (χ0n) is 12.7. The molecule has 0 radical (unpaired) electrons. The van der Waals surface area contributed by atoms with E-state index in [-0.39, 0.29) is 12.3 Å². The Bertz CT molecular complexity index is 647. The van der Waals surface area contributed by atoms with Crippen LogP contribution in [0.3, 0.4) is 0 Å². The van der Waals surface area contributed by atoms with E-state index in [0.29, 0.717) is 0 Å². The van der Waals surface area contributed by atoms with E-state index in [1.54, 1.807) is 0 Å². The lowest BCUT2D eigenvalue weighted by Crippen LogP contribution is -2.37. The van der Waals surface area contributed by atoms with Crippen molar-refractivity contribution in [1.29, 1.82) is 0 Å². The quantitative estimate of drug-likeness (QED) is 0.856. The molecule has 2 aromatic rings. The van der Waals surface area contributed by atoms with Gasteiger partial charge in [-0.1, -0.05) is 18.2 Å². The Balaban J connectivity index is 1.68. The third-order valence-corrected chi connectivity index (χ3v) is 4.02. The number of nitrogens with zero attached hydrogens (tertiary/aromatic N) is 3. The molecule has 1 aromatic carbocycles. The highest BCUT2D eigenvalue weighted by molar-refractivity contribution is 5.87. The van der Waals surface area contributed by atoms with Crippen molar-refractivity contribution in [2.24, 2.45) is 5.73 Å². The summed E-state index contributed by atoms with van der Waals surface area (Å²) < 4.78 is 7.35. The van der Waals surface area contributed by atoms with Crippen molar-refractivity contribution in [2.75, 3.05) is 32.8 Å². The summed E-state index contributed by atoms with van der Waals surface area (Å²) in [5, 5.41) is 5.61. The Morgan fingerprint density at radius 2 is 2.00 bits per heavy atom. The molecule has 3 rings (SSSR count). The van der Waals surface area contributed by atoms with Gasteiger partial charge in [-0.2, -0.15) is 5.10 Å². The Morgan fingerprint density at radius 3 is 2.77 bits per heavy atom. The van der Waals surface area contributed by atoms with Gasteiger partial charge in [-0.3, -0.25) is 14.4 Å². The number of amides is 1. The predicted octanol–water partition coefficient (Wildman–Crippen LogP) is 0.786. The van der Waals surface area contributed by atoms with Crippen LogP contribution in [0.5, 0.6) is 0 Å². The molecule has 0 aliphatic carbocycles. The molecular weight excluding hydrogens is 280 g/mol. The number of aromatic nitrogens is 2. The second-order valence-electron chi connectivity index (χ2n) is 5.64. The van der Waals surface area contributed by atoms with Gasteiger partial charge in [0, 0.05) is 31.6 Å². The van der Waals surface area contributed by atoms with Gasteiger partial charge in [0.25, 0.3) is 0 Å². The Hall–Kier alpha value is -1.92. The van der Waals surface area contributed by atoms with E-state index < -0.39 is 0 Å². The summed E-state index contributed by atoms with van der Waals surface area (Å²) in [6, 6.07) is 8.00. The maximum Gasteiger partial charge on any atom is 0.223 e. The summed E-state index contributed by atoms with van der Waals surface area (Å²) in [5.74, 6) is -0.344. The fourth-order valence-corrected chi connectivity index (χ4v) is 2.93. The molecule has 1 aromatic heterocycles. The molecule has 1 aliphatic heterocycles. The highest BCUT2D eigenvalue weighted by Gasteiger charge is 2.13. The molecule has 0 unspecified atom stereocenters. The molecule has 118 valence electrons. The summed E-state index contributed by atoms with van der Waals surface area (Å²) in [4.78, 5) is 13.6. The Kier molecular flexibility index (Phi) is 4.70. The number of carbonyl (C=O) groups is 1. The van der Waals surface area contributed by atoms with Crippen molar-refractivity contribution in [3.05, 3.63) is 30.0 Å². The number of carbonyl (C=O) groups excluding carboxylic acids is 1. The van der Waals surface area contributed by atoms with E-state index in [1.165, 1.54) is 0 Å². The van der Waals surface area contributed by atoms with Crippen molar-refractivity contribution in [1.82, 2.24) is 14.7 Å². The first-order valence-corrected chi connectivity index (χ1v) is 7.77. The number of hydrogen-bond donors (Lipinski definition) is 1. The van der Waals surface area contributed by atoms with E-state index in [0.717, 1.165) is 62.4 Å². The minimum absolute atomic E-state index is 0.191. The SMILES string of the molecule is NC(=O)Cc1nn(CCCN2CCOCC2)c2ccccc12. The number of nitrogens with two attached hydrogens (primary N) is 1. The standard InChI is InChI=1S/C16H22N4O2/c17-16(21)12-14-13-4-1-2-5-15(13)20(18-14)7-3-6-19-8-10-22-11-9-19/h1-2,4-5H,3,6-12H2,(H2,17,21). The summed E-state index contributed by atoms with van der Waals surface area (Å²) in [7, 11) is 0. The molecule has 1 fully saturated rings. The van der Waals surface area contributed by atoms with Crippen molar-refractivity contribution in [3.8, 4) is 0 Å². The van der Waals surface area contributed by atoms with Crippen LogP contribution in [0.1, 0.15) is 12.1 Å². The molecule has 22 heavy (non-hydrogen) atoms. The molecule has 2 heterocycles. The fourth-order valence-electron chi connectivity index (χ4n) is 2.93. The Labute approximate surface area is 129 Å². The average molecular weight is 302 g/mol. The third-order valence-electron chi connectivity index (χ3n) is 4.02. The molecular formula is C16H22N4O2. The summed E-state index contributed by atoms with van der Waals surface area (Å²) >= 11 is 0. The molecule has 0 spiro atoms. The molecule has 0 saturated carbocycles. The van der Waals surface area contributed by atoms with Crippen LogP contribution in [0.4, 0.5) is 0 Å². The van der Waals surface area contributed by atoms with E-state index in [1.807, 2.05) is 28.9 Å². The van der Waals surface area contributed by atoms with Gasteiger partial charge in [0.1, 0.15) is 0 Å². The number of hydrogen-bond acceptors (Lipinski definition) is 4. The maximum absolute atomic E-state index is 11.2. The lowest BCUT2D eigenvalue weighted by atomic mass is 10.1. The van der Waals surface area contributed by atoms with Crippen molar-refractivity contribution < 1.29 is 9.53 Å². The summed E-state index contributed by atoms with van der Waals surface area (Å²) in [6.07, 6.45) is 1.22. The van der Waals surface area contributed by atoms with Crippen LogP contribution in [-0.4, -0.2) is 53.4 Å². The van der Waals surface area contributed by atoms with Crippen LogP contribution in [0.2, 0.25) is 0 Å². The smallest absolute Gasteiger partial charge is 0.223 e. The molecule has 2 N–H and O–H groups in total. The van der Waals surface area contributed by atoms with Crippen LogP contribution in [0.25, 0.3) is 10.9 Å². The van der Waals surface area contributed by atoms with E-state index in [9.17, 15) is 4.79 Å². The lowest BCUT2D eigenvalue weighted by molar-refractivity contribution is -0.117. The number of aryl methyl sites for hydroxylation is 1. The number of rotatable bonds is 6.